The molecule has 0 spiro atoms. The predicted molar refractivity (Wildman–Crippen MR) is 157 cm³/mol. The second kappa shape index (κ2) is 12.2. The van der Waals surface area contributed by atoms with Crippen LogP contribution in [0.4, 0.5) is 5.88 Å². The molecule has 0 aliphatic carbocycles. The summed E-state index contributed by atoms with van der Waals surface area (Å²) in [7, 11) is 3.23. The standard InChI is InChI=1S/C33H25ClN2O4/c1-37-27-14-8-24(9-15-27)31-30(19-35)33(40-32(31)25-10-16-28(38-2)17-11-25)36-20-23-4-3-5-29(18-23)39-21-22-6-12-26(34)13-7-22/h3-18,20H,21H2,1-2H3/b36-20+. The van der Waals surface area contributed by atoms with Gasteiger partial charge in [-0.25, -0.2) is 4.99 Å². The third-order valence-corrected chi connectivity index (χ3v) is 6.49. The van der Waals surface area contributed by atoms with E-state index in [9.17, 15) is 5.26 Å². The maximum Gasteiger partial charge on any atom is 0.238 e. The lowest BCUT2D eigenvalue weighted by Gasteiger charge is -2.07. The minimum atomic E-state index is 0.214. The van der Waals surface area contributed by atoms with Crippen molar-refractivity contribution in [1.29, 1.82) is 5.26 Å². The van der Waals surface area contributed by atoms with Crippen molar-refractivity contribution in [2.24, 2.45) is 4.99 Å². The maximum absolute atomic E-state index is 10.2. The lowest BCUT2D eigenvalue weighted by molar-refractivity contribution is 0.306. The van der Waals surface area contributed by atoms with Gasteiger partial charge in [-0.3, -0.25) is 0 Å². The Hall–Kier alpha value is -4.99. The van der Waals surface area contributed by atoms with Gasteiger partial charge in [-0.15, -0.1) is 0 Å². The van der Waals surface area contributed by atoms with E-state index in [4.69, 9.17) is 30.2 Å². The molecule has 0 aliphatic rings. The van der Waals surface area contributed by atoms with Crippen molar-refractivity contribution >= 4 is 23.7 Å². The van der Waals surface area contributed by atoms with Gasteiger partial charge in [-0.2, -0.15) is 5.26 Å². The summed E-state index contributed by atoms with van der Waals surface area (Å²) in [5, 5.41) is 10.9. The molecule has 0 saturated carbocycles. The number of ether oxygens (including phenoxy) is 3. The molecule has 5 rings (SSSR count). The molecular weight excluding hydrogens is 524 g/mol. The van der Waals surface area contributed by atoms with E-state index in [2.05, 4.69) is 11.1 Å². The molecule has 7 heteroatoms. The first-order chi connectivity index (χ1) is 19.6. The molecule has 1 heterocycles. The number of furan rings is 1. The summed E-state index contributed by atoms with van der Waals surface area (Å²) in [6, 6.07) is 32.3. The van der Waals surface area contributed by atoms with Crippen LogP contribution in [0.15, 0.2) is 106 Å². The SMILES string of the molecule is COc1ccc(-c2oc(/N=C/c3cccc(OCc4ccc(Cl)cc4)c3)c(C#N)c2-c2ccc(OC)cc2)cc1. The average Bonchev–Trinajstić information content (AvgIpc) is 3.38. The van der Waals surface area contributed by atoms with Gasteiger partial charge >= 0.3 is 0 Å². The van der Waals surface area contributed by atoms with Gasteiger partial charge < -0.3 is 18.6 Å². The molecular formula is C33H25ClN2O4. The van der Waals surface area contributed by atoms with E-state index in [1.807, 2.05) is 97.1 Å². The Labute approximate surface area is 237 Å². The summed E-state index contributed by atoms with van der Waals surface area (Å²) in [6.45, 7) is 0.408. The molecule has 0 bridgehead atoms. The van der Waals surface area contributed by atoms with Crippen molar-refractivity contribution < 1.29 is 18.6 Å². The number of rotatable bonds is 9. The second-order valence-corrected chi connectivity index (χ2v) is 9.24. The van der Waals surface area contributed by atoms with Crippen molar-refractivity contribution in [3.63, 3.8) is 0 Å². The van der Waals surface area contributed by atoms with Crippen molar-refractivity contribution in [2.75, 3.05) is 14.2 Å². The maximum atomic E-state index is 10.2. The van der Waals surface area contributed by atoms with E-state index in [-0.39, 0.29) is 5.88 Å². The van der Waals surface area contributed by atoms with Crippen LogP contribution in [0, 0.1) is 11.3 Å². The molecule has 0 unspecified atom stereocenters. The molecule has 0 radical (unpaired) electrons. The molecule has 198 valence electrons. The summed E-state index contributed by atoms with van der Waals surface area (Å²) in [5.41, 5.74) is 4.40. The highest BCUT2D eigenvalue weighted by Gasteiger charge is 2.23. The summed E-state index contributed by atoms with van der Waals surface area (Å²) in [4.78, 5) is 4.58. The topological polar surface area (TPSA) is 77.0 Å². The van der Waals surface area contributed by atoms with Crippen LogP contribution in [0.2, 0.25) is 5.02 Å². The third kappa shape index (κ3) is 6.01. The monoisotopic (exact) mass is 548 g/mol. The summed E-state index contributed by atoms with van der Waals surface area (Å²) < 4.78 is 22.8. The minimum Gasteiger partial charge on any atom is -0.497 e. The normalized spacial score (nSPS) is 10.8. The van der Waals surface area contributed by atoms with Crippen LogP contribution in [-0.4, -0.2) is 20.4 Å². The molecule has 0 atom stereocenters. The van der Waals surface area contributed by atoms with Crippen molar-refractivity contribution in [3.05, 3.63) is 119 Å². The number of hydrogen-bond acceptors (Lipinski definition) is 6. The number of benzene rings is 4. The van der Waals surface area contributed by atoms with Gasteiger partial charge in [0.1, 0.15) is 41.2 Å². The fourth-order valence-electron chi connectivity index (χ4n) is 4.16. The molecule has 40 heavy (non-hydrogen) atoms. The van der Waals surface area contributed by atoms with E-state index in [0.29, 0.717) is 40.0 Å². The number of aliphatic imine (C=N–C) groups is 1. The lowest BCUT2D eigenvalue weighted by Crippen LogP contribution is -1.95. The van der Waals surface area contributed by atoms with E-state index < -0.39 is 0 Å². The number of nitrogens with zero attached hydrogens (tertiary/aromatic N) is 2. The second-order valence-electron chi connectivity index (χ2n) is 8.80. The fourth-order valence-corrected chi connectivity index (χ4v) is 4.28. The molecule has 0 aliphatic heterocycles. The first-order valence-electron chi connectivity index (χ1n) is 12.4. The van der Waals surface area contributed by atoms with Gasteiger partial charge in [0.15, 0.2) is 0 Å². The highest BCUT2D eigenvalue weighted by Crippen LogP contribution is 2.43. The first kappa shape index (κ1) is 26.6. The van der Waals surface area contributed by atoms with Crippen LogP contribution < -0.4 is 14.2 Å². The van der Waals surface area contributed by atoms with E-state index in [0.717, 1.165) is 28.0 Å². The zero-order chi connectivity index (χ0) is 27.9. The molecule has 0 saturated heterocycles. The molecule has 0 N–H and O–H groups in total. The van der Waals surface area contributed by atoms with Crippen LogP contribution in [0.5, 0.6) is 17.2 Å². The highest BCUT2D eigenvalue weighted by molar-refractivity contribution is 6.30. The van der Waals surface area contributed by atoms with Gasteiger partial charge in [0.2, 0.25) is 5.88 Å². The Morgan fingerprint density at radius 1 is 0.825 bits per heavy atom. The Morgan fingerprint density at radius 2 is 1.48 bits per heavy atom. The molecule has 6 nitrogen and oxygen atoms in total. The summed E-state index contributed by atoms with van der Waals surface area (Å²) in [6.07, 6.45) is 1.66. The Balaban J connectivity index is 1.48. The fraction of sp³-hybridized carbons (Fsp3) is 0.0909. The van der Waals surface area contributed by atoms with Gasteiger partial charge in [-0.1, -0.05) is 48.0 Å². The van der Waals surface area contributed by atoms with Crippen LogP contribution in [0.1, 0.15) is 16.7 Å². The Kier molecular flexibility index (Phi) is 8.15. The third-order valence-electron chi connectivity index (χ3n) is 6.24. The molecule has 0 fully saturated rings. The molecule has 0 amide bonds. The van der Waals surface area contributed by atoms with Gasteiger partial charge in [0, 0.05) is 22.4 Å². The van der Waals surface area contributed by atoms with Crippen LogP contribution in [-0.2, 0) is 6.61 Å². The van der Waals surface area contributed by atoms with Crippen LogP contribution in [0.3, 0.4) is 0 Å². The predicted octanol–water partition coefficient (Wildman–Crippen LogP) is 8.49. The zero-order valence-electron chi connectivity index (χ0n) is 21.9. The van der Waals surface area contributed by atoms with E-state index >= 15 is 0 Å². The van der Waals surface area contributed by atoms with E-state index in [1.54, 1.807) is 20.4 Å². The summed E-state index contributed by atoms with van der Waals surface area (Å²) in [5.74, 6) is 2.88. The highest BCUT2D eigenvalue weighted by atomic mass is 35.5. The number of nitriles is 1. The van der Waals surface area contributed by atoms with Crippen LogP contribution in [0.25, 0.3) is 22.5 Å². The van der Waals surface area contributed by atoms with Gasteiger partial charge in [0.25, 0.3) is 0 Å². The summed E-state index contributed by atoms with van der Waals surface area (Å²) >= 11 is 5.97. The minimum absolute atomic E-state index is 0.214. The van der Waals surface area contributed by atoms with Crippen molar-refractivity contribution in [1.82, 2.24) is 0 Å². The molecule has 4 aromatic carbocycles. The van der Waals surface area contributed by atoms with Crippen molar-refractivity contribution in [3.8, 4) is 45.8 Å². The Morgan fingerprint density at radius 3 is 2.10 bits per heavy atom. The average molecular weight is 549 g/mol. The van der Waals surface area contributed by atoms with Crippen LogP contribution >= 0.6 is 11.6 Å². The number of halogens is 1. The zero-order valence-corrected chi connectivity index (χ0v) is 22.7. The van der Waals surface area contributed by atoms with Gasteiger partial charge in [0.05, 0.1) is 14.2 Å². The van der Waals surface area contributed by atoms with Gasteiger partial charge in [-0.05, 0) is 77.4 Å². The first-order valence-corrected chi connectivity index (χ1v) is 12.8. The van der Waals surface area contributed by atoms with Crippen molar-refractivity contribution in [2.45, 2.75) is 6.61 Å². The largest absolute Gasteiger partial charge is 0.497 e. The smallest absolute Gasteiger partial charge is 0.238 e. The number of hydrogen-bond donors (Lipinski definition) is 0. The molecule has 5 aromatic rings. The quantitative estimate of drug-likeness (QED) is 0.173. The van der Waals surface area contributed by atoms with E-state index in [1.165, 1.54) is 0 Å². The lowest BCUT2D eigenvalue weighted by atomic mass is 9.98. The number of methoxy groups -OCH3 is 2. The molecule has 1 aromatic heterocycles. The Bertz CT molecular complexity index is 1670.